The molecule has 0 amide bonds. The second-order valence-electron chi connectivity index (χ2n) is 5.75. The molecule has 0 radical (unpaired) electrons. The minimum atomic E-state index is -3.46. The molecule has 0 saturated carbocycles. The number of guanidine groups is 1. The van der Waals surface area contributed by atoms with Crippen molar-refractivity contribution < 1.29 is 8.42 Å². The van der Waals surface area contributed by atoms with Crippen LogP contribution < -0.4 is 15.4 Å². The summed E-state index contributed by atoms with van der Waals surface area (Å²) in [6.07, 6.45) is 0. The highest BCUT2D eigenvalue weighted by Gasteiger charge is 2.12. The number of rotatable bonds is 8. The maximum absolute atomic E-state index is 12.1. The van der Waals surface area contributed by atoms with Crippen LogP contribution in [-0.2, 0) is 10.0 Å². The lowest BCUT2D eigenvalue weighted by Crippen LogP contribution is -2.41. The van der Waals surface area contributed by atoms with Crippen molar-refractivity contribution in [2.45, 2.75) is 32.6 Å². The Hall–Kier alpha value is -1.60. The molecule has 130 valence electrons. The van der Waals surface area contributed by atoms with E-state index >= 15 is 0 Å². The Bertz CT molecular complexity index is 595. The fraction of sp³-hybridized carbons (Fsp3) is 0.562. The van der Waals surface area contributed by atoms with Crippen molar-refractivity contribution in [1.82, 2.24) is 15.4 Å². The van der Waals surface area contributed by atoms with E-state index in [0.29, 0.717) is 25.0 Å². The van der Waals surface area contributed by atoms with E-state index in [9.17, 15) is 8.42 Å². The molecular formula is C16H28N4O2S. The monoisotopic (exact) mass is 340 g/mol. The summed E-state index contributed by atoms with van der Waals surface area (Å²) in [5.41, 5.74) is 1.03. The van der Waals surface area contributed by atoms with Crippen LogP contribution in [0, 0.1) is 12.8 Å². The zero-order valence-corrected chi connectivity index (χ0v) is 15.2. The highest BCUT2D eigenvalue weighted by Crippen LogP contribution is 2.09. The van der Waals surface area contributed by atoms with Gasteiger partial charge >= 0.3 is 0 Å². The summed E-state index contributed by atoms with van der Waals surface area (Å²) < 4.78 is 26.9. The highest BCUT2D eigenvalue weighted by atomic mass is 32.2. The fourth-order valence-electron chi connectivity index (χ4n) is 1.78. The van der Waals surface area contributed by atoms with Gasteiger partial charge in [-0.1, -0.05) is 31.5 Å². The minimum absolute atomic E-state index is 0.281. The lowest BCUT2D eigenvalue weighted by Gasteiger charge is -2.12. The number of nitrogens with one attached hydrogen (secondary N) is 3. The molecule has 7 heteroatoms. The van der Waals surface area contributed by atoms with E-state index in [-0.39, 0.29) is 4.90 Å². The van der Waals surface area contributed by atoms with Crippen LogP contribution in [0.15, 0.2) is 34.2 Å². The van der Waals surface area contributed by atoms with Gasteiger partial charge in [0.2, 0.25) is 10.0 Å². The maximum Gasteiger partial charge on any atom is 0.240 e. The first-order valence-electron chi connectivity index (χ1n) is 7.93. The summed E-state index contributed by atoms with van der Waals surface area (Å²) in [6.45, 7) is 10.4. The van der Waals surface area contributed by atoms with Crippen LogP contribution in [0.2, 0.25) is 0 Å². The topological polar surface area (TPSA) is 82.6 Å². The van der Waals surface area contributed by atoms with Gasteiger partial charge in [-0.05, 0) is 31.9 Å². The van der Waals surface area contributed by atoms with Crippen LogP contribution in [0.25, 0.3) is 0 Å². The highest BCUT2D eigenvalue weighted by molar-refractivity contribution is 7.89. The molecule has 0 unspecified atom stereocenters. The molecular weight excluding hydrogens is 312 g/mol. The molecule has 1 rings (SSSR count). The molecule has 23 heavy (non-hydrogen) atoms. The molecule has 0 aliphatic rings. The molecule has 0 bridgehead atoms. The summed E-state index contributed by atoms with van der Waals surface area (Å²) in [7, 11) is -3.46. The van der Waals surface area contributed by atoms with Gasteiger partial charge in [-0.15, -0.1) is 0 Å². The molecule has 0 atom stereocenters. The third kappa shape index (κ3) is 7.47. The second-order valence-corrected chi connectivity index (χ2v) is 7.52. The third-order valence-electron chi connectivity index (χ3n) is 3.00. The summed E-state index contributed by atoms with van der Waals surface area (Å²) in [5, 5.41) is 6.26. The van der Waals surface area contributed by atoms with Gasteiger partial charge in [0, 0.05) is 26.2 Å². The SMILES string of the molecule is CCNC(=NCC(C)C)NCCNS(=O)(=O)c1ccc(C)cc1. The van der Waals surface area contributed by atoms with E-state index in [1.807, 2.05) is 13.8 Å². The van der Waals surface area contributed by atoms with Crippen molar-refractivity contribution in [3.05, 3.63) is 29.8 Å². The molecule has 1 aromatic rings. The Morgan fingerprint density at radius 2 is 1.78 bits per heavy atom. The number of aryl methyl sites for hydroxylation is 1. The minimum Gasteiger partial charge on any atom is -0.357 e. The van der Waals surface area contributed by atoms with Crippen molar-refractivity contribution in [2.24, 2.45) is 10.9 Å². The van der Waals surface area contributed by atoms with Gasteiger partial charge in [-0.2, -0.15) is 0 Å². The summed E-state index contributed by atoms with van der Waals surface area (Å²) in [6, 6.07) is 6.79. The Kier molecular flexibility index (Phi) is 8.05. The van der Waals surface area contributed by atoms with Crippen LogP contribution >= 0.6 is 0 Å². The molecule has 0 heterocycles. The zero-order chi connectivity index (χ0) is 17.3. The van der Waals surface area contributed by atoms with Gasteiger partial charge in [0.1, 0.15) is 0 Å². The molecule has 0 aromatic heterocycles. The normalized spacial score (nSPS) is 12.5. The smallest absolute Gasteiger partial charge is 0.240 e. The largest absolute Gasteiger partial charge is 0.357 e. The lowest BCUT2D eigenvalue weighted by atomic mass is 10.2. The Labute approximate surface area is 139 Å². The van der Waals surface area contributed by atoms with Crippen LogP contribution in [0.1, 0.15) is 26.3 Å². The van der Waals surface area contributed by atoms with Gasteiger partial charge in [0.05, 0.1) is 4.90 Å². The predicted octanol–water partition coefficient (Wildman–Crippen LogP) is 1.48. The summed E-state index contributed by atoms with van der Waals surface area (Å²) >= 11 is 0. The number of benzene rings is 1. The quantitative estimate of drug-likeness (QED) is 0.380. The van der Waals surface area contributed by atoms with Crippen molar-refractivity contribution in [3.8, 4) is 0 Å². The van der Waals surface area contributed by atoms with Crippen molar-refractivity contribution in [1.29, 1.82) is 0 Å². The first-order chi connectivity index (χ1) is 10.8. The first kappa shape index (κ1) is 19.4. The molecule has 1 aromatic carbocycles. The van der Waals surface area contributed by atoms with Crippen LogP contribution in [0.5, 0.6) is 0 Å². The number of sulfonamides is 1. The average molecular weight is 340 g/mol. The van der Waals surface area contributed by atoms with Crippen LogP contribution in [-0.4, -0.2) is 40.6 Å². The van der Waals surface area contributed by atoms with E-state index in [1.165, 1.54) is 0 Å². The van der Waals surface area contributed by atoms with Gasteiger partial charge in [-0.3, -0.25) is 4.99 Å². The maximum atomic E-state index is 12.1. The Morgan fingerprint density at radius 1 is 1.13 bits per heavy atom. The fourth-order valence-corrected chi connectivity index (χ4v) is 2.81. The van der Waals surface area contributed by atoms with Gasteiger partial charge in [-0.25, -0.2) is 13.1 Å². The Morgan fingerprint density at radius 3 is 2.35 bits per heavy atom. The van der Waals surface area contributed by atoms with E-state index in [2.05, 4.69) is 34.2 Å². The van der Waals surface area contributed by atoms with Crippen LogP contribution in [0.4, 0.5) is 0 Å². The van der Waals surface area contributed by atoms with Crippen molar-refractivity contribution in [3.63, 3.8) is 0 Å². The summed E-state index contributed by atoms with van der Waals surface area (Å²) in [4.78, 5) is 4.71. The number of aliphatic imine (C=N–C) groups is 1. The zero-order valence-electron chi connectivity index (χ0n) is 14.4. The molecule has 0 spiro atoms. The first-order valence-corrected chi connectivity index (χ1v) is 9.42. The Balaban J connectivity index is 2.48. The van der Waals surface area contributed by atoms with Gasteiger partial charge in [0.25, 0.3) is 0 Å². The van der Waals surface area contributed by atoms with E-state index in [1.54, 1.807) is 24.3 Å². The molecule has 3 N–H and O–H groups in total. The van der Waals surface area contributed by atoms with E-state index in [4.69, 9.17) is 0 Å². The standard InChI is InChI=1S/C16H28N4O2S/c1-5-17-16(19-12-13(2)3)18-10-11-20-23(21,22)15-8-6-14(4)7-9-15/h6-9,13,20H,5,10-12H2,1-4H3,(H2,17,18,19). The molecule has 6 nitrogen and oxygen atoms in total. The van der Waals surface area contributed by atoms with E-state index in [0.717, 1.165) is 18.7 Å². The number of hydrogen-bond acceptors (Lipinski definition) is 3. The molecule has 0 aliphatic heterocycles. The molecule has 0 aliphatic carbocycles. The predicted molar refractivity (Wildman–Crippen MR) is 95.2 cm³/mol. The van der Waals surface area contributed by atoms with Crippen molar-refractivity contribution >= 4 is 16.0 Å². The van der Waals surface area contributed by atoms with Crippen LogP contribution in [0.3, 0.4) is 0 Å². The summed E-state index contributed by atoms with van der Waals surface area (Å²) in [5.74, 6) is 1.18. The average Bonchev–Trinajstić information content (AvgIpc) is 2.49. The lowest BCUT2D eigenvalue weighted by molar-refractivity contribution is 0.580. The van der Waals surface area contributed by atoms with Gasteiger partial charge in [0.15, 0.2) is 5.96 Å². The second kappa shape index (κ2) is 9.52. The van der Waals surface area contributed by atoms with Crippen molar-refractivity contribution in [2.75, 3.05) is 26.2 Å². The number of nitrogens with zero attached hydrogens (tertiary/aromatic N) is 1. The van der Waals surface area contributed by atoms with E-state index < -0.39 is 10.0 Å². The number of hydrogen-bond donors (Lipinski definition) is 3. The van der Waals surface area contributed by atoms with Gasteiger partial charge < -0.3 is 10.6 Å². The molecule has 0 fully saturated rings. The third-order valence-corrected chi connectivity index (χ3v) is 4.48. The molecule has 0 saturated heterocycles.